The number of primary sulfonamides is 1. The summed E-state index contributed by atoms with van der Waals surface area (Å²) in [5.74, 6) is -0.486. The number of sulfonamides is 1. The molecule has 9 heteroatoms. The van der Waals surface area contributed by atoms with Crippen LogP contribution in [-0.2, 0) is 16.6 Å². The maximum Gasteiger partial charge on any atom is 0.328 e. The van der Waals surface area contributed by atoms with Crippen LogP contribution in [0.3, 0.4) is 0 Å². The lowest BCUT2D eigenvalue weighted by Gasteiger charge is -2.09. The van der Waals surface area contributed by atoms with E-state index >= 15 is 0 Å². The third-order valence-electron chi connectivity index (χ3n) is 2.94. The van der Waals surface area contributed by atoms with Crippen molar-refractivity contribution < 1.29 is 12.8 Å². The second-order valence-electron chi connectivity index (χ2n) is 4.50. The molecule has 0 amide bonds. The van der Waals surface area contributed by atoms with Crippen molar-refractivity contribution in [3.8, 4) is 0 Å². The standard InChI is InChI=1S/C12H12FN3O4S/c1-7-2-3-9(13)4-8(7)5-16-6-10(21(14,19)20)11(17)15-12(16)18/h2-4,6H,5H2,1H3,(H2,14,19,20)(H,15,17,18). The summed E-state index contributed by atoms with van der Waals surface area (Å²) >= 11 is 0. The maximum atomic E-state index is 13.2. The first-order valence-electron chi connectivity index (χ1n) is 5.80. The van der Waals surface area contributed by atoms with Gasteiger partial charge in [0.1, 0.15) is 5.82 Å². The normalized spacial score (nSPS) is 11.6. The molecule has 0 aliphatic carbocycles. The van der Waals surface area contributed by atoms with Crippen LogP contribution >= 0.6 is 0 Å². The monoisotopic (exact) mass is 313 g/mol. The van der Waals surface area contributed by atoms with Gasteiger partial charge < -0.3 is 0 Å². The van der Waals surface area contributed by atoms with E-state index in [1.807, 2.05) is 4.98 Å². The summed E-state index contributed by atoms with van der Waals surface area (Å²) in [6.07, 6.45) is 0.848. The molecule has 0 saturated carbocycles. The third-order valence-corrected chi connectivity index (χ3v) is 3.84. The number of halogens is 1. The minimum Gasteiger partial charge on any atom is -0.295 e. The van der Waals surface area contributed by atoms with E-state index in [1.165, 1.54) is 18.2 Å². The fourth-order valence-corrected chi connectivity index (χ4v) is 2.39. The Morgan fingerprint density at radius 1 is 1.33 bits per heavy atom. The van der Waals surface area contributed by atoms with Gasteiger partial charge >= 0.3 is 5.69 Å². The van der Waals surface area contributed by atoms with Gasteiger partial charge in [-0.25, -0.2) is 22.7 Å². The third kappa shape index (κ3) is 3.26. The second-order valence-corrected chi connectivity index (χ2v) is 6.03. The van der Waals surface area contributed by atoms with Crippen molar-refractivity contribution in [2.75, 3.05) is 0 Å². The van der Waals surface area contributed by atoms with E-state index in [4.69, 9.17) is 5.14 Å². The molecule has 0 radical (unpaired) electrons. The van der Waals surface area contributed by atoms with Gasteiger partial charge in [0.05, 0.1) is 6.54 Å². The molecular formula is C12H12FN3O4S. The molecule has 3 N–H and O–H groups in total. The molecule has 0 unspecified atom stereocenters. The topological polar surface area (TPSA) is 115 Å². The highest BCUT2D eigenvalue weighted by atomic mass is 32.2. The maximum absolute atomic E-state index is 13.2. The van der Waals surface area contributed by atoms with Crippen LogP contribution in [0, 0.1) is 12.7 Å². The van der Waals surface area contributed by atoms with Gasteiger partial charge in [-0.15, -0.1) is 0 Å². The summed E-state index contributed by atoms with van der Waals surface area (Å²) in [6, 6.07) is 4.02. The fourth-order valence-electron chi connectivity index (χ4n) is 1.80. The first-order valence-corrected chi connectivity index (χ1v) is 7.35. The van der Waals surface area contributed by atoms with Gasteiger partial charge in [-0.2, -0.15) is 0 Å². The Labute approximate surface area is 118 Å². The van der Waals surface area contributed by atoms with Crippen LogP contribution in [0.2, 0.25) is 0 Å². The zero-order chi connectivity index (χ0) is 15.8. The number of hydrogen-bond acceptors (Lipinski definition) is 4. The van der Waals surface area contributed by atoms with Crippen LogP contribution in [0.4, 0.5) is 4.39 Å². The van der Waals surface area contributed by atoms with E-state index in [1.54, 1.807) is 6.92 Å². The van der Waals surface area contributed by atoms with E-state index in [2.05, 4.69) is 0 Å². The lowest BCUT2D eigenvalue weighted by molar-refractivity contribution is 0.590. The quantitative estimate of drug-likeness (QED) is 0.808. The molecule has 2 rings (SSSR count). The lowest BCUT2D eigenvalue weighted by Crippen LogP contribution is -2.35. The van der Waals surface area contributed by atoms with E-state index in [0.29, 0.717) is 11.1 Å². The van der Waals surface area contributed by atoms with Crippen molar-refractivity contribution >= 4 is 10.0 Å². The smallest absolute Gasteiger partial charge is 0.295 e. The Balaban J connectivity index is 2.58. The second kappa shape index (κ2) is 5.26. The Hall–Kier alpha value is -2.26. The lowest BCUT2D eigenvalue weighted by atomic mass is 10.1. The van der Waals surface area contributed by atoms with E-state index < -0.39 is 32.0 Å². The summed E-state index contributed by atoms with van der Waals surface area (Å²) in [5.41, 5.74) is -0.707. The number of nitrogens with zero attached hydrogens (tertiary/aromatic N) is 1. The van der Waals surface area contributed by atoms with Gasteiger partial charge in [-0.3, -0.25) is 14.3 Å². The Morgan fingerprint density at radius 3 is 2.62 bits per heavy atom. The zero-order valence-electron chi connectivity index (χ0n) is 11.0. The SMILES string of the molecule is Cc1ccc(F)cc1Cn1cc(S(N)(=O)=O)c(=O)[nH]c1=O. The van der Waals surface area contributed by atoms with Crippen LogP contribution in [-0.4, -0.2) is 18.0 Å². The van der Waals surface area contributed by atoms with Crippen LogP contribution in [0.15, 0.2) is 38.9 Å². The molecular weight excluding hydrogens is 301 g/mol. The zero-order valence-corrected chi connectivity index (χ0v) is 11.8. The molecule has 7 nitrogen and oxygen atoms in total. The minimum absolute atomic E-state index is 0.0955. The Kier molecular flexibility index (Phi) is 3.79. The van der Waals surface area contributed by atoms with Gasteiger partial charge in [0.15, 0.2) is 4.90 Å². The Morgan fingerprint density at radius 2 is 2.00 bits per heavy atom. The van der Waals surface area contributed by atoms with Crippen LogP contribution in [0.25, 0.3) is 0 Å². The fraction of sp³-hybridized carbons (Fsp3) is 0.167. The number of aromatic nitrogens is 2. The molecule has 1 aromatic carbocycles. The van der Waals surface area contributed by atoms with Crippen molar-refractivity contribution in [2.24, 2.45) is 5.14 Å². The predicted octanol–water partition coefficient (Wildman–Crippen LogP) is -0.320. The number of benzene rings is 1. The first kappa shape index (κ1) is 15.1. The molecule has 2 aromatic rings. The van der Waals surface area contributed by atoms with Gasteiger partial charge in [0.2, 0.25) is 10.0 Å². The number of rotatable bonds is 3. The molecule has 0 bridgehead atoms. The van der Waals surface area contributed by atoms with Crippen molar-refractivity contribution in [3.05, 3.63) is 62.2 Å². The molecule has 1 aromatic heterocycles. The Bertz CT molecular complexity index is 915. The van der Waals surface area contributed by atoms with E-state index in [-0.39, 0.29) is 6.54 Å². The van der Waals surface area contributed by atoms with Gasteiger partial charge in [0.25, 0.3) is 5.56 Å². The number of hydrogen-bond donors (Lipinski definition) is 2. The summed E-state index contributed by atoms with van der Waals surface area (Å²) < 4.78 is 36.7. The average Bonchev–Trinajstić information content (AvgIpc) is 2.35. The van der Waals surface area contributed by atoms with Crippen molar-refractivity contribution in [2.45, 2.75) is 18.4 Å². The molecule has 1 heterocycles. The van der Waals surface area contributed by atoms with Crippen molar-refractivity contribution in [3.63, 3.8) is 0 Å². The number of aromatic amines is 1. The van der Waals surface area contributed by atoms with E-state index in [0.717, 1.165) is 10.8 Å². The predicted molar refractivity (Wildman–Crippen MR) is 72.9 cm³/mol. The van der Waals surface area contributed by atoms with Crippen LogP contribution in [0.1, 0.15) is 11.1 Å². The minimum atomic E-state index is -4.26. The summed E-state index contributed by atoms with van der Waals surface area (Å²) in [6.45, 7) is 1.62. The highest BCUT2D eigenvalue weighted by Gasteiger charge is 2.16. The molecule has 0 fully saturated rings. The molecule has 21 heavy (non-hydrogen) atoms. The molecule has 0 aliphatic heterocycles. The van der Waals surface area contributed by atoms with Gasteiger partial charge in [0, 0.05) is 6.20 Å². The van der Waals surface area contributed by atoms with Gasteiger partial charge in [-0.1, -0.05) is 6.07 Å². The molecule has 0 aliphatic rings. The largest absolute Gasteiger partial charge is 0.328 e. The van der Waals surface area contributed by atoms with E-state index in [9.17, 15) is 22.4 Å². The number of aryl methyl sites for hydroxylation is 1. The van der Waals surface area contributed by atoms with Crippen LogP contribution < -0.4 is 16.4 Å². The number of H-pyrrole nitrogens is 1. The highest BCUT2D eigenvalue weighted by molar-refractivity contribution is 7.89. The van der Waals surface area contributed by atoms with Crippen molar-refractivity contribution in [1.82, 2.24) is 9.55 Å². The molecule has 0 atom stereocenters. The molecule has 0 saturated heterocycles. The van der Waals surface area contributed by atoms with Crippen LogP contribution in [0.5, 0.6) is 0 Å². The highest BCUT2D eigenvalue weighted by Crippen LogP contribution is 2.11. The van der Waals surface area contributed by atoms with Gasteiger partial charge in [-0.05, 0) is 30.2 Å². The molecule has 112 valence electrons. The first-order chi connectivity index (χ1) is 9.68. The number of nitrogens with two attached hydrogens (primary N) is 1. The average molecular weight is 313 g/mol. The number of nitrogens with one attached hydrogen (secondary N) is 1. The summed E-state index contributed by atoms with van der Waals surface area (Å²) in [5, 5.41) is 4.90. The molecule has 0 spiro atoms. The summed E-state index contributed by atoms with van der Waals surface area (Å²) in [4.78, 5) is 24.3. The van der Waals surface area contributed by atoms with Crippen molar-refractivity contribution in [1.29, 1.82) is 0 Å². The summed E-state index contributed by atoms with van der Waals surface area (Å²) in [7, 11) is -4.26.